The molecule has 2 heterocycles. The highest BCUT2D eigenvalue weighted by molar-refractivity contribution is 6.30. The molecular weight excluding hydrogens is 501 g/mol. The van der Waals surface area contributed by atoms with Gasteiger partial charge in [-0.15, -0.1) is 13.2 Å². The average molecular weight is 525 g/mol. The molecular formula is C24H24ClF3N4O4. The molecule has 36 heavy (non-hydrogen) atoms. The monoisotopic (exact) mass is 524 g/mol. The Hall–Kier alpha value is -3.44. The summed E-state index contributed by atoms with van der Waals surface area (Å²) >= 11 is 6.02. The fourth-order valence-electron chi connectivity index (χ4n) is 3.84. The number of alkyl halides is 3. The Labute approximate surface area is 210 Å². The number of halogens is 4. The minimum Gasteiger partial charge on any atom is -0.425 e. The van der Waals surface area contributed by atoms with Crippen LogP contribution in [0.2, 0.25) is 5.02 Å². The summed E-state index contributed by atoms with van der Waals surface area (Å²) < 4.78 is 49.6. The predicted octanol–water partition coefficient (Wildman–Crippen LogP) is 4.55. The second-order valence-corrected chi connectivity index (χ2v) is 8.63. The van der Waals surface area contributed by atoms with Gasteiger partial charge in [0.15, 0.2) is 11.5 Å². The molecule has 1 amide bonds. The van der Waals surface area contributed by atoms with Crippen molar-refractivity contribution in [2.24, 2.45) is 0 Å². The molecule has 1 aromatic heterocycles. The van der Waals surface area contributed by atoms with Gasteiger partial charge in [-0.25, -0.2) is 0 Å². The number of hydrogen-bond donors (Lipinski definition) is 1. The molecule has 0 saturated carbocycles. The van der Waals surface area contributed by atoms with Crippen LogP contribution in [-0.4, -0.2) is 65.1 Å². The van der Waals surface area contributed by atoms with Crippen LogP contribution in [0.1, 0.15) is 22.5 Å². The quantitative estimate of drug-likeness (QED) is 0.466. The molecule has 0 atom stereocenters. The zero-order valence-electron chi connectivity index (χ0n) is 19.3. The second kappa shape index (κ2) is 10.7. The highest BCUT2D eigenvalue weighted by atomic mass is 35.5. The highest BCUT2D eigenvalue weighted by Gasteiger charge is 2.33. The van der Waals surface area contributed by atoms with Gasteiger partial charge in [0.1, 0.15) is 11.5 Å². The number of aromatic nitrogens is 2. The van der Waals surface area contributed by atoms with Crippen molar-refractivity contribution in [3.63, 3.8) is 0 Å². The second-order valence-electron chi connectivity index (χ2n) is 8.19. The number of benzene rings is 2. The summed E-state index contributed by atoms with van der Waals surface area (Å²) in [7, 11) is 1.79. The molecule has 0 fully saturated rings. The minimum atomic E-state index is -4.85. The number of carbonyl (C=O) groups is 1. The zero-order valence-corrected chi connectivity index (χ0v) is 20.1. The van der Waals surface area contributed by atoms with E-state index in [2.05, 4.69) is 9.72 Å². The van der Waals surface area contributed by atoms with Gasteiger partial charge in [-0.05, 0) is 36.2 Å². The van der Waals surface area contributed by atoms with E-state index in [4.69, 9.17) is 16.3 Å². The van der Waals surface area contributed by atoms with Gasteiger partial charge in [0, 0.05) is 44.4 Å². The number of nitrogens with zero attached hydrogens (tertiary/aromatic N) is 4. The zero-order chi connectivity index (χ0) is 25.9. The van der Waals surface area contributed by atoms with Gasteiger partial charge in [0.25, 0.3) is 5.91 Å². The first kappa shape index (κ1) is 25.6. The van der Waals surface area contributed by atoms with E-state index in [1.54, 1.807) is 40.8 Å². The third-order valence-corrected chi connectivity index (χ3v) is 5.81. The van der Waals surface area contributed by atoms with E-state index in [0.29, 0.717) is 36.9 Å². The molecule has 4 rings (SSSR count). The van der Waals surface area contributed by atoms with Gasteiger partial charge < -0.3 is 24.4 Å². The molecule has 0 bridgehead atoms. The number of amides is 1. The molecule has 3 aromatic rings. The lowest BCUT2D eigenvalue weighted by molar-refractivity contribution is -0.274. The Morgan fingerprint density at radius 2 is 1.83 bits per heavy atom. The number of imidazole rings is 1. The molecule has 0 radical (unpaired) electrons. The Balaban J connectivity index is 1.76. The molecule has 12 heteroatoms. The van der Waals surface area contributed by atoms with Gasteiger partial charge in [-0.2, -0.15) is 4.98 Å². The first-order valence-electron chi connectivity index (χ1n) is 11.1. The molecule has 0 aliphatic carbocycles. The van der Waals surface area contributed by atoms with E-state index in [9.17, 15) is 23.1 Å². The summed E-state index contributed by atoms with van der Waals surface area (Å²) in [5, 5.41) is 9.80. The molecule has 0 saturated heterocycles. The fourth-order valence-corrected chi connectivity index (χ4v) is 3.96. The third-order valence-electron chi connectivity index (χ3n) is 5.56. The number of anilines is 1. The summed E-state index contributed by atoms with van der Waals surface area (Å²) in [6.07, 6.45) is -4.43. The van der Waals surface area contributed by atoms with Crippen LogP contribution in [0.15, 0.2) is 48.5 Å². The lowest BCUT2D eigenvalue weighted by Gasteiger charge is -2.21. The van der Waals surface area contributed by atoms with E-state index < -0.39 is 12.1 Å². The van der Waals surface area contributed by atoms with Crippen LogP contribution in [0.25, 0.3) is 0 Å². The fraction of sp³-hybridized carbons (Fsp3) is 0.333. The lowest BCUT2D eigenvalue weighted by atomic mass is 10.2. The molecule has 192 valence electrons. The molecule has 1 N–H and O–H groups in total. The van der Waals surface area contributed by atoms with E-state index in [-0.39, 0.29) is 36.5 Å². The molecule has 2 aromatic carbocycles. The van der Waals surface area contributed by atoms with E-state index in [1.807, 2.05) is 4.90 Å². The van der Waals surface area contributed by atoms with Crippen LogP contribution >= 0.6 is 11.6 Å². The number of likely N-dealkylation sites (N-methyl/N-ethyl adjacent to an activating group) is 1. The molecule has 1 aliphatic rings. The van der Waals surface area contributed by atoms with Gasteiger partial charge in [-0.1, -0.05) is 29.8 Å². The van der Waals surface area contributed by atoms with E-state index >= 15 is 0 Å². The first-order valence-corrected chi connectivity index (χ1v) is 11.5. The van der Waals surface area contributed by atoms with Gasteiger partial charge in [-0.3, -0.25) is 9.36 Å². The SMILES string of the molecule is CN1CCN(CCCO)C(=O)c2c1nc(Oc1cccc(OC(F)(F)F)c1)n2Cc1ccc(Cl)cc1. The van der Waals surface area contributed by atoms with E-state index in [0.717, 1.165) is 17.7 Å². The topological polar surface area (TPSA) is 80.1 Å². The smallest absolute Gasteiger partial charge is 0.425 e. The van der Waals surface area contributed by atoms with Crippen molar-refractivity contribution in [2.45, 2.75) is 19.3 Å². The number of ether oxygens (including phenoxy) is 2. The van der Waals surface area contributed by atoms with Crippen molar-refractivity contribution >= 4 is 23.3 Å². The number of aliphatic hydroxyl groups is 1. The Morgan fingerprint density at radius 1 is 1.11 bits per heavy atom. The number of hydrogen-bond acceptors (Lipinski definition) is 6. The average Bonchev–Trinajstić information content (AvgIpc) is 3.11. The summed E-state index contributed by atoms with van der Waals surface area (Å²) in [4.78, 5) is 21.6. The van der Waals surface area contributed by atoms with Gasteiger partial charge in [0.05, 0.1) is 6.54 Å². The van der Waals surface area contributed by atoms with Crippen LogP contribution in [0.4, 0.5) is 19.0 Å². The van der Waals surface area contributed by atoms with Crippen LogP contribution in [0, 0.1) is 0 Å². The molecule has 8 nitrogen and oxygen atoms in total. The van der Waals surface area contributed by atoms with Crippen molar-refractivity contribution in [3.05, 3.63) is 64.8 Å². The first-order chi connectivity index (χ1) is 17.1. The Kier molecular flexibility index (Phi) is 7.60. The number of carbonyl (C=O) groups excluding carboxylic acids is 1. The lowest BCUT2D eigenvalue weighted by Crippen LogP contribution is -2.36. The standard InChI is InChI=1S/C24H24ClF3N4O4/c1-30-11-12-31(10-3-13-33)22(34)20-21(30)29-23(32(20)15-16-6-8-17(25)9-7-16)35-18-4-2-5-19(14-18)36-24(26,27)28/h2,4-9,14,33H,3,10-13,15H2,1H3. The maximum atomic E-state index is 13.6. The van der Waals surface area contributed by atoms with E-state index in [1.165, 1.54) is 12.1 Å². The van der Waals surface area contributed by atoms with Gasteiger partial charge in [0.2, 0.25) is 0 Å². The van der Waals surface area contributed by atoms with Crippen LogP contribution in [-0.2, 0) is 6.54 Å². The maximum absolute atomic E-state index is 13.6. The number of fused-ring (bicyclic) bond motifs is 1. The van der Waals surface area contributed by atoms with Crippen molar-refractivity contribution in [1.82, 2.24) is 14.5 Å². The summed E-state index contributed by atoms with van der Waals surface area (Å²) in [5.74, 6) is -0.284. The van der Waals surface area contributed by atoms with Crippen molar-refractivity contribution < 1.29 is 32.5 Å². The van der Waals surface area contributed by atoms with Crippen molar-refractivity contribution in [1.29, 1.82) is 0 Å². The molecule has 0 spiro atoms. The maximum Gasteiger partial charge on any atom is 0.573 e. The molecule has 0 unspecified atom stereocenters. The van der Waals surface area contributed by atoms with Gasteiger partial charge >= 0.3 is 12.4 Å². The normalized spacial score (nSPS) is 14.0. The number of aliphatic hydroxyl groups excluding tert-OH is 1. The Bertz CT molecular complexity index is 1220. The van der Waals surface area contributed by atoms with Crippen molar-refractivity contribution in [2.75, 3.05) is 38.2 Å². The van der Waals surface area contributed by atoms with Crippen LogP contribution in [0.5, 0.6) is 17.5 Å². The number of rotatable bonds is 8. The summed E-state index contributed by atoms with van der Waals surface area (Å²) in [6.45, 7) is 1.44. The summed E-state index contributed by atoms with van der Waals surface area (Å²) in [6, 6.07) is 12.1. The third kappa shape index (κ3) is 6.03. The van der Waals surface area contributed by atoms with Crippen LogP contribution < -0.4 is 14.4 Å². The minimum absolute atomic E-state index is 0.0308. The highest BCUT2D eigenvalue weighted by Crippen LogP contribution is 2.34. The summed E-state index contributed by atoms with van der Waals surface area (Å²) in [5.41, 5.74) is 1.08. The Morgan fingerprint density at radius 3 is 2.53 bits per heavy atom. The largest absolute Gasteiger partial charge is 0.573 e. The van der Waals surface area contributed by atoms with Crippen LogP contribution in [0.3, 0.4) is 0 Å². The van der Waals surface area contributed by atoms with Crippen molar-refractivity contribution in [3.8, 4) is 17.5 Å². The predicted molar refractivity (Wildman–Crippen MR) is 127 cm³/mol. The molecule has 1 aliphatic heterocycles.